The first kappa shape index (κ1) is 32.0. The Bertz CT molecular complexity index is 3190. The maximum absolute atomic E-state index is 2.40. The van der Waals surface area contributed by atoms with E-state index in [9.17, 15) is 0 Å². The molecule has 11 aromatic rings. The number of anilines is 3. The van der Waals surface area contributed by atoms with Crippen LogP contribution in [-0.4, -0.2) is 4.57 Å². The fourth-order valence-corrected chi connectivity index (χ4v) is 8.79. The summed E-state index contributed by atoms with van der Waals surface area (Å²) in [4.78, 5) is 2.40. The van der Waals surface area contributed by atoms with Crippen molar-refractivity contribution < 1.29 is 0 Å². The molecule has 1 heterocycles. The summed E-state index contributed by atoms with van der Waals surface area (Å²) in [5.41, 5.74) is 11.7. The van der Waals surface area contributed by atoms with E-state index >= 15 is 0 Å². The molecule has 10 aromatic carbocycles. The molecule has 262 valence electrons. The van der Waals surface area contributed by atoms with Crippen molar-refractivity contribution in [2.75, 3.05) is 4.90 Å². The number of benzene rings is 10. The van der Waals surface area contributed by atoms with E-state index in [4.69, 9.17) is 0 Å². The standard InChI is InChI=1S/C54H36N2/c1-2-13-37(14-3-1)48-23-10-16-40-17-11-24-49(54(40)48)39-29-31-42(32-30-39)55(45-33-34-47-41(35-45)28-27-38-15-4-5-20-46(38)47)43-18-12-19-44(36-43)56-52-25-8-6-21-50(52)51-22-7-9-26-53(51)56/h1-36H. The molecule has 56 heavy (non-hydrogen) atoms. The number of rotatable bonds is 6. The number of nitrogens with zero attached hydrogens (tertiary/aromatic N) is 2. The normalized spacial score (nSPS) is 11.6. The third-order valence-corrected chi connectivity index (χ3v) is 11.3. The van der Waals surface area contributed by atoms with Gasteiger partial charge in [0.15, 0.2) is 0 Å². The lowest BCUT2D eigenvalue weighted by atomic mass is 9.91. The van der Waals surface area contributed by atoms with Gasteiger partial charge in [-0.25, -0.2) is 0 Å². The van der Waals surface area contributed by atoms with Gasteiger partial charge in [0.1, 0.15) is 0 Å². The lowest BCUT2D eigenvalue weighted by Crippen LogP contribution is -2.10. The van der Waals surface area contributed by atoms with E-state index in [1.807, 2.05) is 0 Å². The Kier molecular flexibility index (Phi) is 7.53. The molecule has 2 heteroatoms. The quantitative estimate of drug-likeness (QED) is 0.156. The fraction of sp³-hybridized carbons (Fsp3) is 0. The van der Waals surface area contributed by atoms with Gasteiger partial charge in [0.25, 0.3) is 0 Å². The summed E-state index contributed by atoms with van der Waals surface area (Å²) in [6.45, 7) is 0. The molecule has 0 amide bonds. The Morgan fingerprint density at radius 2 is 0.839 bits per heavy atom. The summed E-state index contributed by atoms with van der Waals surface area (Å²) in [6, 6.07) is 79.5. The van der Waals surface area contributed by atoms with Crippen LogP contribution in [0.5, 0.6) is 0 Å². The second-order valence-electron chi connectivity index (χ2n) is 14.5. The van der Waals surface area contributed by atoms with E-state index in [1.165, 1.54) is 76.4 Å². The minimum Gasteiger partial charge on any atom is -0.310 e. The second kappa shape index (κ2) is 13.2. The van der Waals surface area contributed by atoms with Gasteiger partial charge in [0, 0.05) is 33.5 Å². The van der Waals surface area contributed by atoms with Crippen LogP contribution in [0.4, 0.5) is 17.1 Å². The largest absolute Gasteiger partial charge is 0.310 e. The summed E-state index contributed by atoms with van der Waals surface area (Å²) in [7, 11) is 0. The van der Waals surface area contributed by atoms with Gasteiger partial charge < -0.3 is 9.47 Å². The summed E-state index contributed by atoms with van der Waals surface area (Å²) in [5.74, 6) is 0. The zero-order chi connectivity index (χ0) is 37.0. The lowest BCUT2D eigenvalue weighted by Gasteiger charge is -2.27. The first-order chi connectivity index (χ1) is 27.8. The first-order valence-electron chi connectivity index (χ1n) is 19.3. The van der Waals surface area contributed by atoms with Crippen molar-refractivity contribution >= 4 is 71.2 Å². The van der Waals surface area contributed by atoms with E-state index in [0.717, 1.165) is 22.7 Å². The van der Waals surface area contributed by atoms with Crippen molar-refractivity contribution in [2.24, 2.45) is 0 Å². The smallest absolute Gasteiger partial charge is 0.0541 e. The Hall–Kier alpha value is -7.42. The van der Waals surface area contributed by atoms with Crippen LogP contribution in [0.15, 0.2) is 218 Å². The van der Waals surface area contributed by atoms with Gasteiger partial charge >= 0.3 is 0 Å². The van der Waals surface area contributed by atoms with Crippen LogP contribution in [0.3, 0.4) is 0 Å². The molecule has 2 nitrogen and oxygen atoms in total. The van der Waals surface area contributed by atoms with Crippen LogP contribution in [0.25, 0.3) is 82.1 Å². The number of para-hydroxylation sites is 2. The van der Waals surface area contributed by atoms with Gasteiger partial charge in [-0.3, -0.25) is 0 Å². The van der Waals surface area contributed by atoms with Crippen molar-refractivity contribution in [3.63, 3.8) is 0 Å². The highest BCUT2D eigenvalue weighted by Gasteiger charge is 2.18. The minimum absolute atomic E-state index is 1.09. The molecule has 0 unspecified atom stereocenters. The molecule has 0 radical (unpaired) electrons. The summed E-state index contributed by atoms with van der Waals surface area (Å²) in [6.07, 6.45) is 0. The number of aromatic nitrogens is 1. The highest BCUT2D eigenvalue weighted by atomic mass is 15.1. The zero-order valence-corrected chi connectivity index (χ0v) is 30.7. The molecule has 0 N–H and O–H groups in total. The van der Waals surface area contributed by atoms with Crippen molar-refractivity contribution in [3.05, 3.63) is 218 Å². The van der Waals surface area contributed by atoms with Crippen LogP contribution in [-0.2, 0) is 0 Å². The Morgan fingerprint density at radius 3 is 1.57 bits per heavy atom. The molecule has 0 saturated carbocycles. The van der Waals surface area contributed by atoms with Crippen LogP contribution in [0.2, 0.25) is 0 Å². The van der Waals surface area contributed by atoms with E-state index in [2.05, 4.69) is 228 Å². The van der Waals surface area contributed by atoms with Gasteiger partial charge in [0.2, 0.25) is 0 Å². The molecule has 0 atom stereocenters. The van der Waals surface area contributed by atoms with E-state index in [1.54, 1.807) is 0 Å². The average molecular weight is 713 g/mol. The van der Waals surface area contributed by atoms with Gasteiger partial charge in [-0.05, 0) is 109 Å². The molecule has 0 aliphatic heterocycles. The van der Waals surface area contributed by atoms with Gasteiger partial charge in [-0.15, -0.1) is 0 Å². The molecule has 0 bridgehead atoms. The summed E-state index contributed by atoms with van der Waals surface area (Å²) < 4.78 is 2.40. The van der Waals surface area contributed by atoms with E-state index in [-0.39, 0.29) is 0 Å². The van der Waals surface area contributed by atoms with Gasteiger partial charge in [-0.1, -0.05) is 164 Å². The summed E-state index contributed by atoms with van der Waals surface area (Å²) >= 11 is 0. The van der Waals surface area contributed by atoms with Crippen molar-refractivity contribution in [1.82, 2.24) is 4.57 Å². The van der Waals surface area contributed by atoms with Crippen LogP contribution < -0.4 is 4.90 Å². The number of fused-ring (bicyclic) bond motifs is 7. The Balaban J connectivity index is 1.09. The molecule has 1 aromatic heterocycles. The van der Waals surface area contributed by atoms with Crippen molar-refractivity contribution in [3.8, 4) is 27.9 Å². The monoisotopic (exact) mass is 712 g/mol. The fourth-order valence-electron chi connectivity index (χ4n) is 8.79. The lowest BCUT2D eigenvalue weighted by molar-refractivity contribution is 1.17. The minimum atomic E-state index is 1.09. The second-order valence-corrected chi connectivity index (χ2v) is 14.5. The molecule has 0 spiro atoms. The van der Waals surface area contributed by atoms with Crippen LogP contribution in [0.1, 0.15) is 0 Å². The van der Waals surface area contributed by atoms with E-state index in [0.29, 0.717) is 0 Å². The highest BCUT2D eigenvalue weighted by Crippen LogP contribution is 2.42. The Labute approximate surface area is 325 Å². The number of hydrogen-bond donors (Lipinski definition) is 0. The summed E-state index contributed by atoms with van der Waals surface area (Å²) in [5, 5.41) is 10.0. The molecular formula is C54H36N2. The average Bonchev–Trinajstić information content (AvgIpc) is 3.61. The van der Waals surface area contributed by atoms with Crippen LogP contribution in [0, 0.1) is 0 Å². The first-order valence-corrected chi connectivity index (χ1v) is 19.3. The molecule has 0 aliphatic carbocycles. The molecular weight excluding hydrogens is 677 g/mol. The van der Waals surface area contributed by atoms with Crippen molar-refractivity contribution in [2.45, 2.75) is 0 Å². The van der Waals surface area contributed by atoms with E-state index < -0.39 is 0 Å². The maximum Gasteiger partial charge on any atom is 0.0541 e. The third-order valence-electron chi connectivity index (χ3n) is 11.3. The topological polar surface area (TPSA) is 8.17 Å². The van der Waals surface area contributed by atoms with Crippen molar-refractivity contribution in [1.29, 1.82) is 0 Å². The Morgan fingerprint density at radius 1 is 0.304 bits per heavy atom. The molecule has 11 rings (SSSR count). The van der Waals surface area contributed by atoms with Crippen LogP contribution >= 0.6 is 0 Å². The predicted octanol–water partition coefficient (Wildman–Crippen LogP) is 15.0. The highest BCUT2D eigenvalue weighted by molar-refractivity contribution is 6.10. The SMILES string of the molecule is c1ccc(-c2cccc3cccc(-c4ccc(N(c5cccc(-n6c7ccccc7c7ccccc76)c5)c5ccc6c(ccc7ccccc76)c5)cc4)c23)cc1. The maximum atomic E-state index is 2.40. The zero-order valence-electron chi connectivity index (χ0n) is 30.7. The molecule has 0 aliphatic rings. The van der Waals surface area contributed by atoms with Gasteiger partial charge in [0.05, 0.1) is 11.0 Å². The number of hydrogen-bond acceptors (Lipinski definition) is 1. The third kappa shape index (κ3) is 5.26. The molecule has 0 fully saturated rings. The van der Waals surface area contributed by atoms with Gasteiger partial charge in [-0.2, -0.15) is 0 Å². The predicted molar refractivity (Wildman–Crippen MR) is 239 cm³/mol. The molecule has 0 saturated heterocycles.